The minimum atomic E-state index is 0.0404. The first kappa shape index (κ1) is 11.9. The van der Waals surface area contributed by atoms with Gasteiger partial charge in [-0.2, -0.15) is 0 Å². The van der Waals surface area contributed by atoms with Crippen LogP contribution in [0.25, 0.3) is 0 Å². The third kappa shape index (κ3) is 2.35. The molecule has 1 aliphatic heterocycles. The van der Waals surface area contributed by atoms with Crippen LogP contribution in [0.15, 0.2) is 30.3 Å². The highest BCUT2D eigenvalue weighted by atomic mass is 16.1. The summed E-state index contributed by atoms with van der Waals surface area (Å²) in [5, 5.41) is 3.50. The van der Waals surface area contributed by atoms with Crippen LogP contribution < -0.4 is 5.32 Å². The van der Waals surface area contributed by atoms with Crippen LogP contribution in [0.1, 0.15) is 37.7 Å². The van der Waals surface area contributed by atoms with Crippen molar-refractivity contribution in [1.82, 2.24) is 5.32 Å². The van der Waals surface area contributed by atoms with Gasteiger partial charge in [0.05, 0.1) is 6.04 Å². The fourth-order valence-corrected chi connectivity index (χ4v) is 3.52. The summed E-state index contributed by atoms with van der Waals surface area (Å²) < 4.78 is 0. The number of piperidine rings is 1. The maximum atomic E-state index is 12.3. The molecule has 1 N–H and O–H groups in total. The fourth-order valence-electron chi connectivity index (χ4n) is 3.52. The minimum Gasteiger partial charge on any atom is -0.307 e. The van der Waals surface area contributed by atoms with E-state index in [1.165, 1.54) is 31.2 Å². The molecule has 0 radical (unpaired) electrons. The van der Waals surface area contributed by atoms with Gasteiger partial charge in [0.2, 0.25) is 0 Å². The van der Waals surface area contributed by atoms with Gasteiger partial charge in [-0.3, -0.25) is 4.79 Å². The number of carbonyl (C=O) groups is 1. The smallest absolute Gasteiger partial charge is 0.150 e. The lowest BCUT2D eigenvalue weighted by atomic mass is 9.76. The average Bonchev–Trinajstić information content (AvgIpc) is 2.83. The SMILES string of the molecule is O=C1CC2(CCCC2)CNC1Cc1ccccc1. The Hall–Kier alpha value is -1.15. The molecule has 3 rings (SSSR count). The maximum Gasteiger partial charge on any atom is 0.150 e. The number of hydrogen-bond acceptors (Lipinski definition) is 2. The summed E-state index contributed by atoms with van der Waals surface area (Å²) >= 11 is 0. The number of benzene rings is 1. The highest BCUT2D eigenvalue weighted by Crippen LogP contribution is 2.42. The summed E-state index contributed by atoms with van der Waals surface area (Å²) in [6.45, 7) is 1.04. The van der Waals surface area contributed by atoms with Gasteiger partial charge in [-0.15, -0.1) is 0 Å². The monoisotopic (exact) mass is 243 g/mol. The van der Waals surface area contributed by atoms with Gasteiger partial charge in [-0.25, -0.2) is 0 Å². The summed E-state index contributed by atoms with van der Waals surface area (Å²) in [5.74, 6) is 0.423. The number of rotatable bonds is 2. The Morgan fingerprint density at radius 2 is 1.89 bits per heavy atom. The lowest BCUT2D eigenvalue weighted by molar-refractivity contribution is -0.125. The first-order valence-corrected chi connectivity index (χ1v) is 7.08. The fraction of sp³-hybridized carbons (Fsp3) is 0.562. The second kappa shape index (κ2) is 4.85. The van der Waals surface area contributed by atoms with Crippen molar-refractivity contribution in [1.29, 1.82) is 0 Å². The van der Waals surface area contributed by atoms with Crippen molar-refractivity contribution in [3.8, 4) is 0 Å². The van der Waals surface area contributed by atoms with Gasteiger partial charge < -0.3 is 5.32 Å². The van der Waals surface area contributed by atoms with Gasteiger partial charge in [0.1, 0.15) is 0 Å². The highest BCUT2D eigenvalue weighted by molar-refractivity contribution is 5.85. The molecule has 1 atom stereocenters. The van der Waals surface area contributed by atoms with Crippen molar-refractivity contribution >= 4 is 5.78 Å². The third-order valence-electron chi connectivity index (χ3n) is 4.61. The lowest BCUT2D eigenvalue weighted by Crippen LogP contribution is -2.51. The van der Waals surface area contributed by atoms with Gasteiger partial charge in [-0.05, 0) is 30.2 Å². The second-order valence-corrected chi connectivity index (χ2v) is 5.97. The predicted molar refractivity (Wildman–Crippen MR) is 72.5 cm³/mol. The molecule has 96 valence electrons. The van der Waals surface area contributed by atoms with E-state index in [0.29, 0.717) is 11.2 Å². The van der Waals surface area contributed by atoms with E-state index in [4.69, 9.17) is 0 Å². The molecular weight excluding hydrogens is 222 g/mol. The van der Waals surface area contributed by atoms with E-state index in [9.17, 15) is 4.79 Å². The molecule has 1 spiro atoms. The van der Waals surface area contributed by atoms with Crippen LogP contribution in [-0.4, -0.2) is 18.4 Å². The molecule has 2 heteroatoms. The third-order valence-corrected chi connectivity index (χ3v) is 4.61. The van der Waals surface area contributed by atoms with Crippen LogP contribution in [-0.2, 0) is 11.2 Å². The topological polar surface area (TPSA) is 29.1 Å². The van der Waals surface area contributed by atoms with E-state index in [-0.39, 0.29) is 6.04 Å². The predicted octanol–water partition coefficient (Wildman–Crippen LogP) is 2.72. The molecule has 1 unspecified atom stereocenters. The summed E-state index contributed by atoms with van der Waals surface area (Å²) in [7, 11) is 0. The normalized spacial score (nSPS) is 26.7. The van der Waals surface area contributed by atoms with Crippen molar-refractivity contribution in [2.24, 2.45) is 5.41 Å². The number of nitrogens with one attached hydrogen (secondary N) is 1. The average molecular weight is 243 g/mol. The summed E-state index contributed by atoms with van der Waals surface area (Å²) in [6, 6.07) is 10.4. The van der Waals surface area contributed by atoms with Gasteiger partial charge in [-0.1, -0.05) is 43.2 Å². The largest absolute Gasteiger partial charge is 0.307 e. The van der Waals surface area contributed by atoms with Gasteiger partial charge in [0, 0.05) is 13.0 Å². The van der Waals surface area contributed by atoms with Gasteiger partial charge in [0.25, 0.3) is 0 Å². The van der Waals surface area contributed by atoms with Crippen molar-refractivity contribution in [3.63, 3.8) is 0 Å². The molecule has 2 fully saturated rings. The molecule has 1 aromatic carbocycles. The molecular formula is C16H21NO. The Morgan fingerprint density at radius 1 is 1.17 bits per heavy atom. The zero-order valence-corrected chi connectivity index (χ0v) is 10.8. The van der Waals surface area contributed by atoms with Gasteiger partial charge >= 0.3 is 0 Å². The Morgan fingerprint density at radius 3 is 2.56 bits per heavy atom. The van der Waals surface area contributed by atoms with E-state index in [1.54, 1.807) is 0 Å². The Balaban J connectivity index is 1.64. The molecule has 0 aromatic heterocycles. The van der Waals surface area contributed by atoms with E-state index in [1.807, 2.05) is 18.2 Å². The van der Waals surface area contributed by atoms with Crippen molar-refractivity contribution in [3.05, 3.63) is 35.9 Å². The molecule has 1 aliphatic carbocycles. The van der Waals surface area contributed by atoms with Crippen LogP contribution in [0, 0.1) is 5.41 Å². The number of ketones is 1. The summed E-state index contributed by atoms with van der Waals surface area (Å²) in [5.41, 5.74) is 1.57. The maximum absolute atomic E-state index is 12.3. The van der Waals surface area contributed by atoms with Crippen LogP contribution in [0.4, 0.5) is 0 Å². The number of Topliss-reactive ketones (excluding diaryl/α,β-unsaturated/α-hetero) is 1. The summed E-state index contributed by atoms with van der Waals surface area (Å²) in [6.07, 6.45) is 6.73. The zero-order chi connectivity index (χ0) is 12.4. The van der Waals surface area contributed by atoms with Crippen LogP contribution in [0.2, 0.25) is 0 Å². The number of carbonyl (C=O) groups excluding carboxylic acids is 1. The molecule has 1 heterocycles. The quantitative estimate of drug-likeness (QED) is 0.865. The molecule has 1 saturated heterocycles. The van der Waals surface area contributed by atoms with Gasteiger partial charge in [0.15, 0.2) is 5.78 Å². The van der Waals surface area contributed by atoms with Crippen molar-refractivity contribution in [2.45, 2.75) is 44.6 Å². The van der Waals surface area contributed by atoms with E-state index >= 15 is 0 Å². The highest BCUT2D eigenvalue weighted by Gasteiger charge is 2.41. The molecule has 2 nitrogen and oxygen atoms in total. The minimum absolute atomic E-state index is 0.0404. The Bertz CT molecular complexity index is 420. The van der Waals surface area contributed by atoms with Crippen molar-refractivity contribution in [2.75, 3.05) is 6.54 Å². The lowest BCUT2D eigenvalue weighted by Gasteiger charge is -2.37. The Labute approximate surface area is 109 Å². The van der Waals surface area contributed by atoms with Crippen LogP contribution in [0.5, 0.6) is 0 Å². The molecule has 1 aromatic rings. The van der Waals surface area contributed by atoms with E-state index in [2.05, 4.69) is 17.4 Å². The first-order chi connectivity index (χ1) is 8.77. The molecule has 0 amide bonds. The summed E-state index contributed by atoms with van der Waals surface area (Å²) in [4.78, 5) is 12.3. The molecule has 18 heavy (non-hydrogen) atoms. The zero-order valence-electron chi connectivity index (χ0n) is 10.8. The van der Waals surface area contributed by atoms with E-state index in [0.717, 1.165) is 19.4 Å². The van der Waals surface area contributed by atoms with Crippen LogP contribution >= 0.6 is 0 Å². The Kier molecular flexibility index (Phi) is 3.21. The standard InChI is InChI=1S/C16H21NO/c18-15-11-16(8-4-5-9-16)12-17-14(15)10-13-6-2-1-3-7-13/h1-3,6-7,14,17H,4-5,8-12H2. The number of hydrogen-bond donors (Lipinski definition) is 1. The van der Waals surface area contributed by atoms with Crippen molar-refractivity contribution < 1.29 is 4.79 Å². The molecule has 1 saturated carbocycles. The molecule has 0 bridgehead atoms. The van der Waals surface area contributed by atoms with Crippen LogP contribution in [0.3, 0.4) is 0 Å². The first-order valence-electron chi connectivity index (χ1n) is 7.08. The molecule has 2 aliphatic rings. The second-order valence-electron chi connectivity index (χ2n) is 5.97. The van der Waals surface area contributed by atoms with E-state index < -0.39 is 0 Å².